The molecule has 154 valence electrons. The number of anilines is 1. The maximum atomic E-state index is 12.9. The van der Waals surface area contributed by atoms with Crippen LogP contribution >= 0.6 is 0 Å². The van der Waals surface area contributed by atoms with Crippen LogP contribution in [0.2, 0.25) is 0 Å². The van der Waals surface area contributed by atoms with E-state index in [9.17, 15) is 19.5 Å². The Morgan fingerprint density at radius 2 is 1.55 bits per heavy atom. The predicted molar refractivity (Wildman–Crippen MR) is 113 cm³/mol. The highest BCUT2D eigenvalue weighted by atomic mass is 16.4. The number of amides is 2. The van der Waals surface area contributed by atoms with Crippen LogP contribution in [0.25, 0.3) is 0 Å². The van der Waals surface area contributed by atoms with Crippen LogP contribution in [0.5, 0.6) is 0 Å². The van der Waals surface area contributed by atoms with E-state index < -0.39 is 17.4 Å². The second-order valence-electron chi connectivity index (χ2n) is 8.01. The number of carbonyl (C=O) groups is 3. The van der Waals surface area contributed by atoms with Crippen molar-refractivity contribution in [3.05, 3.63) is 65.7 Å². The topological polar surface area (TPSA) is 95.5 Å². The van der Waals surface area contributed by atoms with Crippen LogP contribution in [0.4, 0.5) is 5.69 Å². The van der Waals surface area contributed by atoms with E-state index in [1.807, 2.05) is 32.0 Å². The van der Waals surface area contributed by atoms with Crippen molar-refractivity contribution in [2.75, 3.05) is 5.32 Å². The number of aliphatic carboxylic acids is 1. The summed E-state index contributed by atoms with van der Waals surface area (Å²) in [4.78, 5) is 36.6. The number of rotatable bonds is 8. The highest BCUT2D eigenvalue weighted by molar-refractivity contribution is 5.98. The van der Waals surface area contributed by atoms with Gasteiger partial charge in [0.25, 0.3) is 5.91 Å². The van der Waals surface area contributed by atoms with E-state index in [4.69, 9.17) is 0 Å². The Morgan fingerprint density at radius 1 is 0.966 bits per heavy atom. The fraction of sp³-hybridized carbons (Fsp3) is 0.348. The number of hydrogen-bond acceptors (Lipinski definition) is 3. The maximum Gasteiger partial charge on any atom is 0.313 e. The van der Waals surface area contributed by atoms with E-state index in [0.29, 0.717) is 23.2 Å². The lowest BCUT2D eigenvalue weighted by Crippen LogP contribution is -2.37. The first kappa shape index (κ1) is 22.1. The minimum absolute atomic E-state index is 0.180. The summed E-state index contributed by atoms with van der Waals surface area (Å²) in [6.07, 6.45) is 0.329. The quantitative estimate of drug-likeness (QED) is 0.631. The van der Waals surface area contributed by atoms with Gasteiger partial charge in [0.05, 0.1) is 5.41 Å². The standard InChI is InChI=1S/C23H28N2O4/c1-15(2)14-19(26)25-20(16-8-6-5-7-9-16)21(27)24-18-12-10-17(11-13-18)23(3,4)22(28)29/h5-13,15,20H,14H2,1-4H3,(H,24,27)(H,25,26)(H,28,29). The summed E-state index contributed by atoms with van der Waals surface area (Å²) >= 11 is 0. The minimum Gasteiger partial charge on any atom is -0.481 e. The first-order valence-corrected chi connectivity index (χ1v) is 9.60. The lowest BCUT2D eigenvalue weighted by atomic mass is 9.85. The molecule has 0 aliphatic carbocycles. The van der Waals surface area contributed by atoms with Crippen LogP contribution in [-0.2, 0) is 19.8 Å². The van der Waals surface area contributed by atoms with Crippen molar-refractivity contribution in [3.8, 4) is 0 Å². The zero-order valence-corrected chi connectivity index (χ0v) is 17.2. The summed E-state index contributed by atoms with van der Waals surface area (Å²) < 4.78 is 0. The second kappa shape index (κ2) is 9.37. The Kier molecular flexibility index (Phi) is 7.15. The van der Waals surface area contributed by atoms with Gasteiger partial charge in [0.15, 0.2) is 0 Å². The summed E-state index contributed by atoms with van der Waals surface area (Å²) in [5, 5.41) is 15.0. The van der Waals surface area contributed by atoms with Gasteiger partial charge >= 0.3 is 5.97 Å². The van der Waals surface area contributed by atoms with Gasteiger partial charge in [-0.1, -0.05) is 56.3 Å². The molecule has 2 rings (SSSR count). The van der Waals surface area contributed by atoms with Gasteiger partial charge in [-0.25, -0.2) is 0 Å². The van der Waals surface area contributed by atoms with Crippen LogP contribution in [-0.4, -0.2) is 22.9 Å². The van der Waals surface area contributed by atoms with Crippen molar-refractivity contribution < 1.29 is 19.5 Å². The van der Waals surface area contributed by atoms with E-state index >= 15 is 0 Å². The van der Waals surface area contributed by atoms with Crippen LogP contribution in [0, 0.1) is 5.92 Å². The molecule has 0 heterocycles. The van der Waals surface area contributed by atoms with E-state index in [2.05, 4.69) is 10.6 Å². The molecule has 0 saturated heterocycles. The minimum atomic E-state index is -1.03. The molecule has 0 aliphatic heterocycles. The summed E-state index contributed by atoms with van der Waals surface area (Å²) in [5.41, 5.74) is 0.817. The van der Waals surface area contributed by atoms with Gasteiger partial charge in [0, 0.05) is 12.1 Å². The Hall–Kier alpha value is -3.15. The van der Waals surface area contributed by atoms with Gasteiger partial charge in [-0.2, -0.15) is 0 Å². The third-order valence-electron chi connectivity index (χ3n) is 4.70. The SMILES string of the molecule is CC(C)CC(=O)NC(C(=O)Nc1ccc(C(C)(C)C(=O)O)cc1)c1ccccc1. The molecule has 3 N–H and O–H groups in total. The van der Waals surface area contributed by atoms with Gasteiger partial charge in [-0.3, -0.25) is 14.4 Å². The van der Waals surface area contributed by atoms with Gasteiger partial charge in [-0.15, -0.1) is 0 Å². The zero-order chi connectivity index (χ0) is 21.6. The van der Waals surface area contributed by atoms with Crippen molar-refractivity contribution in [3.63, 3.8) is 0 Å². The van der Waals surface area contributed by atoms with Crippen molar-refractivity contribution in [1.82, 2.24) is 5.32 Å². The smallest absolute Gasteiger partial charge is 0.313 e. The van der Waals surface area contributed by atoms with Gasteiger partial charge in [0.1, 0.15) is 6.04 Å². The Morgan fingerprint density at radius 3 is 2.07 bits per heavy atom. The second-order valence-corrected chi connectivity index (χ2v) is 8.01. The molecule has 0 saturated carbocycles. The van der Waals surface area contributed by atoms with E-state index in [0.717, 1.165) is 0 Å². The number of carboxylic acid groups (broad SMARTS) is 1. The summed E-state index contributed by atoms with van der Waals surface area (Å²) in [7, 11) is 0. The number of carboxylic acids is 1. The molecular weight excluding hydrogens is 368 g/mol. The molecule has 29 heavy (non-hydrogen) atoms. The molecule has 0 fully saturated rings. The average Bonchev–Trinajstić information content (AvgIpc) is 2.66. The van der Waals surface area contributed by atoms with Gasteiger partial charge in [0.2, 0.25) is 5.91 Å². The number of carbonyl (C=O) groups excluding carboxylic acids is 2. The fourth-order valence-electron chi connectivity index (χ4n) is 2.84. The monoisotopic (exact) mass is 396 g/mol. The van der Waals surface area contributed by atoms with Gasteiger partial charge in [-0.05, 0) is 43.0 Å². The molecule has 0 aliphatic rings. The van der Waals surface area contributed by atoms with Crippen LogP contribution in [0.1, 0.15) is 51.3 Å². The van der Waals surface area contributed by atoms with E-state index in [-0.39, 0.29) is 17.7 Å². The molecular formula is C23H28N2O4. The lowest BCUT2D eigenvalue weighted by Gasteiger charge is -2.21. The summed E-state index contributed by atoms with van der Waals surface area (Å²) in [6, 6.07) is 14.9. The Balaban J connectivity index is 2.19. The molecule has 0 radical (unpaired) electrons. The van der Waals surface area contributed by atoms with Crippen molar-refractivity contribution in [1.29, 1.82) is 0 Å². The zero-order valence-electron chi connectivity index (χ0n) is 17.2. The molecule has 0 bridgehead atoms. The van der Waals surface area contributed by atoms with Crippen molar-refractivity contribution in [2.24, 2.45) is 5.92 Å². The van der Waals surface area contributed by atoms with Crippen LogP contribution in [0.3, 0.4) is 0 Å². The highest BCUT2D eigenvalue weighted by Crippen LogP contribution is 2.25. The Bertz CT molecular complexity index is 858. The molecule has 1 unspecified atom stereocenters. The molecule has 2 amide bonds. The normalized spacial score (nSPS) is 12.3. The molecule has 2 aromatic carbocycles. The third-order valence-corrected chi connectivity index (χ3v) is 4.70. The largest absolute Gasteiger partial charge is 0.481 e. The van der Waals surface area contributed by atoms with E-state index in [1.54, 1.807) is 50.2 Å². The lowest BCUT2D eigenvalue weighted by molar-refractivity contribution is -0.142. The molecule has 2 aromatic rings. The van der Waals surface area contributed by atoms with Crippen molar-refractivity contribution in [2.45, 2.75) is 45.6 Å². The average molecular weight is 396 g/mol. The fourth-order valence-corrected chi connectivity index (χ4v) is 2.84. The number of benzene rings is 2. The predicted octanol–water partition coefficient (Wildman–Crippen LogP) is 3.89. The third kappa shape index (κ3) is 5.91. The Labute approximate surface area is 171 Å². The first-order chi connectivity index (χ1) is 13.6. The van der Waals surface area contributed by atoms with Crippen LogP contribution < -0.4 is 10.6 Å². The number of nitrogens with one attached hydrogen (secondary N) is 2. The highest BCUT2D eigenvalue weighted by Gasteiger charge is 2.29. The van der Waals surface area contributed by atoms with Crippen molar-refractivity contribution >= 4 is 23.5 Å². The number of hydrogen-bond donors (Lipinski definition) is 3. The maximum absolute atomic E-state index is 12.9. The molecule has 1 atom stereocenters. The summed E-state index contributed by atoms with van der Waals surface area (Å²) in [6.45, 7) is 7.13. The van der Waals surface area contributed by atoms with Crippen LogP contribution in [0.15, 0.2) is 54.6 Å². The van der Waals surface area contributed by atoms with E-state index in [1.165, 1.54) is 0 Å². The first-order valence-electron chi connectivity index (χ1n) is 9.60. The molecule has 6 nitrogen and oxygen atoms in total. The molecule has 0 spiro atoms. The van der Waals surface area contributed by atoms with Gasteiger partial charge < -0.3 is 15.7 Å². The molecule has 6 heteroatoms. The summed E-state index contributed by atoms with van der Waals surface area (Å²) in [5.74, 6) is -1.30. The molecule has 0 aromatic heterocycles.